The van der Waals surface area contributed by atoms with Crippen LogP contribution in [0.25, 0.3) is 0 Å². The van der Waals surface area contributed by atoms with Crippen molar-refractivity contribution in [3.8, 4) is 0 Å². The molecule has 126 valence electrons. The quantitative estimate of drug-likeness (QED) is 0.755. The fourth-order valence-corrected chi connectivity index (χ4v) is 2.63. The van der Waals surface area contributed by atoms with E-state index >= 15 is 0 Å². The zero-order valence-corrected chi connectivity index (χ0v) is 14.0. The van der Waals surface area contributed by atoms with E-state index in [9.17, 15) is 9.59 Å². The first-order chi connectivity index (χ1) is 11.5. The number of nitrogens with two attached hydrogens (primary N) is 1. The molecule has 5 nitrogen and oxygen atoms in total. The van der Waals surface area contributed by atoms with Gasteiger partial charge >= 0.3 is 5.97 Å². The van der Waals surface area contributed by atoms with Crippen molar-refractivity contribution in [1.29, 1.82) is 0 Å². The average Bonchev–Trinajstić information content (AvgIpc) is 2.59. The number of carbonyl (C=O) groups is 2. The van der Waals surface area contributed by atoms with Crippen LogP contribution in [0, 0.1) is 0 Å². The largest absolute Gasteiger partial charge is 0.468 e. The fourth-order valence-electron chi connectivity index (χ4n) is 2.39. The Morgan fingerprint density at radius 2 is 1.96 bits per heavy atom. The summed E-state index contributed by atoms with van der Waals surface area (Å²) in [7, 11) is 1.34. The minimum atomic E-state index is -0.650. The number of hydrogen-bond acceptors (Lipinski definition) is 4. The molecule has 0 aromatic heterocycles. The second-order valence-electron chi connectivity index (χ2n) is 5.25. The van der Waals surface area contributed by atoms with Gasteiger partial charge in [-0.05, 0) is 35.7 Å². The summed E-state index contributed by atoms with van der Waals surface area (Å²) in [6.07, 6.45) is 0.624. The first kappa shape index (κ1) is 18.0. The molecule has 6 heteroatoms. The molecule has 2 rings (SSSR count). The minimum Gasteiger partial charge on any atom is -0.468 e. The predicted molar refractivity (Wildman–Crippen MR) is 92.9 cm³/mol. The van der Waals surface area contributed by atoms with E-state index < -0.39 is 17.9 Å². The second-order valence-corrected chi connectivity index (χ2v) is 5.65. The Kier molecular flexibility index (Phi) is 6.35. The number of carbonyl (C=O) groups excluding carboxylic acids is 2. The molecule has 0 spiro atoms. The lowest BCUT2D eigenvalue weighted by molar-refractivity contribution is -0.143. The molecule has 0 heterocycles. The van der Waals surface area contributed by atoms with Crippen LogP contribution in [0.15, 0.2) is 48.5 Å². The molecule has 2 aromatic rings. The van der Waals surface area contributed by atoms with Crippen LogP contribution >= 0.6 is 11.6 Å². The topological polar surface area (TPSA) is 81.4 Å². The minimum absolute atomic E-state index is 0.408. The second kappa shape index (κ2) is 8.47. The summed E-state index contributed by atoms with van der Waals surface area (Å²) in [5, 5.41) is 3.65. The Hall–Kier alpha value is -2.37. The molecule has 24 heavy (non-hydrogen) atoms. The molecule has 0 saturated heterocycles. The number of benzene rings is 2. The van der Waals surface area contributed by atoms with E-state index in [1.54, 1.807) is 36.4 Å². The van der Waals surface area contributed by atoms with Crippen molar-refractivity contribution in [1.82, 2.24) is 5.32 Å². The lowest BCUT2D eigenvalue weighted by atomic mass is 10.1. The molecule has 2 aromatic carbocycles. The Morgan fingerprint density at radius 3 is 2.62 bits per heavy atom. The van der Waals surface area contributed by atoms with Crippen molar-refractivity contribution in [3.05, 3.63) is 70.2 Å². The van der Waals surface area contributed by atoms with Crippen LogP contribution < -0.4 is 11.1 Å². The molecule has 3 N–H and O–H groups in total. The van der Waals surface area contributed by atoms with E-state index in [4.69, 9.17) is 22.1 Å². The van der Waals surface area contributed by atoms with Gasteiger partial charge < -0.3 is 15.8 Å². The van der Waals surface area contributed by atoms with Gasteiger partial charge in [0.15, 0.2) is 0 Å². The monoisotopic (exact) mass is 346 g/mol. The number of hydrogen-bond donors (Lipinski definition) is 2. The highest BCUT2D eigenvalue weighted by Gasteiger charge is 2.22. The van der Waals surface area contributed by atoms with E-state index in [0.29, 0.717) is 29.1 Å². The van der Waals surface area contributed by atoms with E-state index in [1.165, 1.54) is 7.11 Å². The summed E-state index contributed by atoms with van der Waals surface area (Å²) in [6.45, 7) is 0.507. The molecule has 1 atom stereocenters. The first-order valence-corrected chi connectivity index (χ1v) is 7.85. The lowest BCUT2D eigenvalue weighted by Crippen LogP contribution is -2.31. The Morgan fingerprint density at radius 1 is 1.21 bits per heavy atom. The number of amides is 1. The molecule has 1 amide bonds. The predicted octanol–water partition coefficient (Wildman–Crippen LogP) is 2.49. The normalized spacial score (nSPS) is 11.8. The zero-order chi connectivity index (χ0) is 17.5. The number of ether oxygens (including phenoxy) is 1. The number of halogens is 1. The maximum absolute atomic E-state index is 12.0. The number of rotatable bonds is 7. The van der Waals surface area contributed by atoms with Crippen LogP contribution in [-0.2, 0) is 16.0 Å². The van der Waals surface area contributed by atoms with E-state index in [2.05, 4.69) is 5.32 Å². The van der Waals surface area contributed by atoms with Gasteiger partial charge in [0.1, 0.15) is 6.04 Å². The maximum Gasteiger partial charge on any atom is 0.327 e. The van der Waals surface area contributed by atoms with Gasteiger partial charge in [0.05, 0.1) is 7.11 Å². The summed E-state index contributed by atoms with van der Waals surface area (Å²) in [5.41, 5.74) is 7.35. The van der Waals surface area contributed by atoms with E-state index in [0.717, 1.165) is 5.56 Å². The third kappa shape index (κ3) is 4.57. The first-order valence-electron chi connectivity index (χ1n) is 7.47. The zero-order valence-electron chi connectivity index (χ0n) is 13.3. The van der Waals surface area contributed by atoms with Crippen molar-refractivity contribution in [3.63, 3.8) is 0 Å². The molecule has 0 aliphatic rings. The van der Waals surface area contributed by atoms with Gasteiger partial charge in [-0.25, -0.2) is 4.79 Å². The molecular weight excluding hydrogens is 328 g/mol. The van der Waals surface area contributed by atoms with Crippen LogP contribution in [-0.4, -0.2) is 25.5 Å². The summed E-state index contributed by atoms with van der Waals surface area (Å²) in [5.74, 6) is -0.873. The number of nitrogens with one attached hydrogen (secondary N) is 1. The number of primary amides is 1. The van der Waals surface area contributed by atoms with Gasteiger partial charge in [-0.2, -0.15) is 0 Å². The van der Waals surface area contributed by atoms with Crippen LogP contribution in [0.2, 0.25) is 5.02 Å². The highest BCUT2D eigenvalue weighted by Crippen LogP contribution is 2.23. The maximum atomic E-state index is 12.0. The van der Waals surface area contributed by atoms with Gasteiger partial charge in [0.25, 0.3) is 0 Å². The Bertz CT molecular complexity index is 734. The smallest absolute Gasteiger partial charge is 0.327 e. The van der Waals surface area contributed by atoms with Crippen molar-refractivity contribution < 1.29 is 14.3 Å². The van der Waals surface area contributed by atoms with Gasteiger partial charge in [0.2, 0.25) is 5.91 Å². The van der Waals surface area contributed by atoms with Crippen LogP contribution in [0.5, 0.6) is 0 Å². The average molecular weight is 347 g/mol. The molecule has 0 unspecified atom stereocenters. The molecule has 0 aliphatic heterocycles. The highest BCUT2D eigenvalue weighted by atomic mass is 35.5. The molecule has 0 bridgehead atoms. The van der Waals surface area contributed by atoms with Crippen molar-refractivity contribution in [2.24, 2.45) is 5.73 Å². The third-order valence-corrected chi connectivity index (χ3v) is 3.97. The summed E-state index contributed by atoms with van der Waals surface area (Å²) in [4.78, 5) is 23.3. The van der Waals surface area contributed by atoms with Crippen molar-refractivity contribution >= 4 is 23.5 Å². The highest BCUT2D eigenvalue weighted by molar-refractivity contribution is 6.31. The Labute approximate surface area is 145 Å². The summed E-state index contributed by atoms with van der Waals surface area (Å²) in [6, 6.07) is 13.6. The van der Waals surface area contributed by atoms with Crippen LogP contribution in [0.1, 0.15) is 27.5 Å². The summed E-state index contributed by atoms with van der Waals surface area (Å²) < 4.78 is 4.85. The standard InChI is InChI=1S/C18H19ClN2O3/c1-24-18(23)16(14-7-2-3-8-15(14)19)21-10-9-12-5-4-6-13(11-12)17(20)22/h2-8,11,16,21H,9-10H2,1H3,(H2,20,22)/t16-/m0/s1. The summed E-state index contributed by atoms with van der Waals surface area (Å²) >= 11 is 6.17. The van der Waals surface area contributed by atoms with Crippen LogP contribution in [0.4, 0.5) is 0 Å². The lowest BCUT2D eigenvalue weighted by Gasteiger charge is -2.18. The Balaban J connectivity index is 2.06. The number of esters is 1. The van der Waals surface area contributed by atoms with Crippen molar-refractivity contribution in [2.75, 3.05) is 13.7 Å². The molecular formula is C18H19ClN2O3. The van der Waals surface area contributed by atoms with E-state index in [-0.39, 0.29) is 0 Å². The number of methoxy groups -OCH3 is 1. The van der Waals surface area contributed by atoms with E-state index in [1.807, 2.05) is 12.1 Å². The molecule has 0 radical (unpaired) electrons. The third-order valence-electron chi connectivity index (χ3n) is 3.63. The molecule has 0 aliphatic carbocycles. The van der Waals surface area contributed by atoms with Gasteiger partial charge in [-0.15, -0.1) is 0 Å². The SMILES string of the molecule is COC(=O)[C@@H](NCCc1cccc(C(N)=O)c1)c1ccccc1Cl. The molecule has 0 saturated carbocycles. The molecule has 0 fully saturated rings. The van der Waals surface area contributed by atoms with Gasteiger partial charge in [0, 0.05) is 17.1 Å². The fraction of sp³-hybridized carbons (Fsp3) is 0.222. The van der Waals surface area contributed by atoms with Gasteiger partial charge in [-0.1, -0.05) is 41.9 Å². The van der Waals surface area contributed by atoms with Gasteiger partial charge in [-0.3, -0.25) is 4.79 Å². The van der Waals surface area contributed by atoms with Crippen molar-refractivity contribution in [2.45, 2.75) is 12.5 Å². The van der Waals surface area contributed by atoms with Crippen LogP contribution in [0.3, 0.4) is 0 Å².